The van der Waals surface area contributed by atoms with Gasteiger partial charge in [-0.15, -0.1) is 0 Å². The minimum atomic E-state index is -3.64. The van der Waals surface area contributed by atoms with Crippen LogP contribution in [0.5, 0.6) is 0 Å². The standard InChI is InChI=1S/C14H18O3S/c1-12-8-10-14(11-9-12)18(15,16)17-13-6-4-2-3-5-7-13/h4,6,8-11,13H,2-3,5,7H2,1H3/t13-/m1/s1. The normalized spacial score (nSPS) is 20.6. The Labute approximate surface area is 109 Å². The number of hydrogen-bond acceptors (Lipinski definition) is 3. The van der Waals surface area contributed by atoms with Gasteiger partial charge in [0, 0.05) is 0 Å². The van der Waals surface area contributed by atoms with Crippen LogP contribution in [0.3, 0.4) is 0 Å². The van der Waals surface area contributed by atoms with Crippen LogP contribution in [-0.2, 0) is 14.3 Å². The molecule has 1 aliphatic carbocycles. The van der Waals surface area contributed by atoms with E-state index in [1.165, 1.54) is 0 Å². The maximum absolute atomic E-state index is 12.1. The second-order valence-corrected chi connectivity index (χ2v) is 6.19. The highest BCUT2D eigenvalue weighted by Gasteiger charge is 2.20. The van der Waals surface area contributed by atoms with Gasteiger partial charge in [0.2, 0.25) is 0 Å². The zero-order valence-corrected chi connectivity index (χ0v) is 11.3. The molecular weight excluding hydrogens is 248 g/mol. The highest BCUT2D eigenvalue weighted by molar-refractivity contribution is 7.86. The van der Waals surface area contributed by atoms with Gasteiger partial charge in [0.1, 0.15) is 0 Å². The number of aryl methyl sites for hydroxylation is 1. The Morgan fingerprint density at radius 1 is 1.17 bits per heavy atom. The topological polar surface area (TPSA) is 43.4 Å². The van der Waals surface area contributed by atoms with E-state index >= 15 is 0 Å². The molecule has 3 nitrogen and oxygen atoms in total. The molecule has 0 unspecified atom stereocenters. The molecule has 1 aromatic carbocycles. The van der Waals surface area contributed by atoms with Crippen LogP contribution in [0.4, 0.5) is 0 Å². The summed E-state index contributed by atoms with van der Waals surface area (Å²) in [5, 5.41) is 0. The van der Waals surface area contributed by atoms with Crippen molar-refractivity contribution in [1.82, 2.24) is 0 Å². The molecule has 1 aliphatic rings. The van der Waals surface area contributed by atoms with E-state index in [0.29, 0.717) is 0 Å². The van der Waals surface area contributed by atoms with Crippen LogP contribution in [0.25, 0.3) is 0 Å². The largest absolute Gasteiger partial charge is 0.297 e. The Balaban J connectivity index is 2.13. The summed E-state index contributed by atoms with van der Waals surface area (Å²) in [7, 11) is -3.64. The second-order valence-electron chi connectivity index (χ2n) is 4.61. The van der Waals surface area contributed by atoms with Crippen LogP contribution in [0, 0.1) is 6.92 Å². The van der Waals surface area contributed by atoms with Gasteiger partial charge in [-0.25, -0.2) is 0 Å². The molecule has 2 rings (SSSR count). The Kier molecular flexibility index (Phi) is 4.19. The quantitative estimate of drug-likeness (QED) is 0.623. The summed E-state index contributed by atoms with van der Waals surface area (Å²) in [6, 6.07) is 6.73. The predicted octanol–water partition coefficient (Wildman–Crippen LogP) is 3.20. The van der Waals surface area contributed by atoms with Gasteiger partial charge >= 0.3 is 0 Å². The summed E-state index contributed by atoms with van der Waals surface area (Å²) in [6.07, 6.45) is 7.41. The molecule has 0 N–H and O–H groups in total. The molecular formula is C14H18O3S. The molecule has 0 fully saturated rings. The zero-order valence-electron chi connectivity index (χ0n) is 10.5. The molecule has 0 saturated heterocycles. The van der Waals surface area contributed by atoms with Crippen molar-refractivity contribution in [3.05, 3.63) is 42.0 Å². The number of allylic oxidation sites excluding steroid dienone is 1. The van der Waals surface area contributed by atoms with E-state index in [2.05, 4.69) is 0 Å². The first kappa shape index (κ1) is 13.3. The first-order valence-corrected chi connectivity index (χ1v) is 7.65. The third kappa shape index (κ3) is 3.43. The van der Waals surface area contributed by atoms with Crippen LogP contribution >= 0.6 is 0 Å². The fraction of sp³-hybridized carbons (Fsp3) is 0.429. The van der Waals surface area contributed by atoms with Crippen LogP contribution < -0.4 is 0 Å². The molecule has 0 heterocycles. The van der Waals surface area contributed by atoms with Gasteiger partial charge in [0.05, 0.1) is 11.0 Å². The molecule has 0 amide bonds. The second kappa shape index (κ2) is 5.67. The van der Waals surface area contributed by atoms with E-state index in [-0.39, 0.29) is 11.0 Å². The van der Waals surface area contributed by atoms with Gasteiger partial charge in [-0.1, -0.05) is 36.3 Å². The molecule has 98 valence electrons. The fourth-order valence-electron chi connectivity index (χ4n) is 1.96. The van der Waals surface area contributed by atoms with Crippen molar-refractivity contribution in [2.45, 2.75) is 43.6 Å². The van der Waals surface area contributed by atoms with E-state index in [1.807, 2.05) is 19.1 Å². The molecule has 4 heteroatoms. The van der Waals surface area contributed by atoms with Crippen LogP contribution in [0.15, 0.2) is 41.3 Å². The third-order valence-corrected chi connectivity index (χ3v) is 4.37. The van der Waals surface area contributed by atoms with Gasteiger partial charge in [0.15, 0.2) is 0 Å². The van der Waals surface area contributed by atoms with Gasteiger partial charge in [-0.3, -0.25) is 4.18 Å². The van der Waals surface area contributed by atoms with Crippen LogP contribution in [0.2, 0.25) is 0 Å². The predicted molar refractivity (Wildman–Crippen MR) is 70.8 cm³/mol. The van der Waals surface area contributed by atoms with Crippen molar-refractivity contribution in [2.24, 2.45) is 0 Å². The van der Waals surface area contributed by atoms with E-state index in [9.17, 15) is 8.42 Å². The lowest BCUT2D eigenvalue weighted by molar-refractivity contribution is 0.243. The lowest BCUT2D eigenvalue weighted by Crippen LogP contribution is -2.16. The van der Waals surface area contributed by atoms with Crippen LogP contribution in [-0.4, -0.2) is 14.5 Å². The Bertz CT molecular complexity index is 514. The monoisotopic (exact) mass is 266 g/mol. The summed E-state index contributed by atoms with van der Waals surface area (Å²) in [5.41, 5.74) is 1.03. The summed E-state index contributed by atoms with van der Waals surface area (Å²) >= 11 is 0. The summed E-state index contributed by atoms with van der Waals surface area (Å²) in [5.74, 6) is 0. The third-order valence-electron chi connectivity index (χ3n) is 3.02. The average molecular weight is 266 g/mol. The van der Waals surface area contributed by atoms with Gasteiger partial charge < -0.3 is 0 Å². The summed E-state index contributed by atoms with van der Waals surface area (Å²) < 4.78 is 29.4. The Hall–Kier alpha value is -1.13. The Morgan fingerprint density at radius 3 is 2.61 bits per heavy atom. The zero-order chi connectivity index (χ0) is 13.0. The van der Waals surface area contributed by atoms with E-state index < -0.39 is 10.1 Å². The molecule has 0 aliphatic heterocycles. The lowest BCUT2D eigenvalue weighted by atomic mass is 10.2. The highest BCUT2D eigenvalue weighted by Crippen LogP contribution is 2.20. The minimum Gasteiger partial charge on any atom is -0.259 e. The highest BCUT2D eigenvalue weighted by atomic mass is 32.2. The first-order chi connectivity index (χ1) is 8.58. The van der Waals surface area contributed by atoms with Crippen molar-refractivity contribution in [3.63, 3.8) is 0 Å². The van der Waals surface area contributed by atoms with Crippen molar-refractivity contribution in [2.75, 3.05) is 0 Å². The van der Waals surface area contributed by atoms with Gasteiger partial charge in [-0.05, 0) is 38.3 Å². The molecule has 1 aromatic rings. The van der Waals surface area contributed by atoms with E-state index in [4.69, 9.17) is 4.18 Å². The SMILES string of the molecule is Cc1ccc(S(=O)(=O)O[C@@H]2C=CCCCC2)cc1. The maximum Gasteiger partial charge on any atom is 0.297 e. The molecule has 18 heavy (non-hydrogen) atoms. The fourth-order valence-corrected chi connectivity index (χ4v) is 3.02. The molecule has 0 bridgehead atoms. The van der Waals surface area contributed by atoms with Crippen molar-refractivity contribution >= 4 is 10.1 Å². The van der Waals surface area contributed by atoms with E-state index in [1.54, 1.807) is 24.3 Å². The minimum absolute atomic E-state index is 0.228. The molecule has 0 aromatic heterocycles. The van der Waals surface area contributed by atoms with Gasteiger partial charge in [0.25, 0.3) is 10.1 Å². The first-order valence-electron chi connectivity index (χ1n) is 6.24. The summed E-state index contributed by atoms with van der Waals surface area (Å²) in [4.78, 5) is 0.228. The summed E-state index contributed by atoms with van der Waals surface area (Å²) in [6.45, 7) is 1.92. The maximum atomic E-state index is 12.1. The smallest absolute Gasteiger partial charge is 0.259 e. The van der Waals surface area contributed by atoms with Gasteiger partial charge in [-0.2, -0.15) is 8.42 Å². The number of rotatable bonds is 3. The molecule has 0 radical (unpaired) electrons. The van der Waals surface area contributed by atoms with Crippen LogP contribution in [0.1, 0.15) is 31.2 Å². The molecule has 0 spiro atoms. The Morgan fingerprint density at radius 2 is 1.89 bits per heavy atom. The molecule has 0 saturated carbocycles. The lowest BCUT2D eigenvalue weighted by Gasteiger charge is -2.12. The molecule has 1 atom stereocenters. The van der Waals surface area contributed by atoms with Crippen molar-refractivity contribution < 1.29 is 12.6 Å². The van der Waals surface area contributed by atoms with Crippen molar-refractivity contribution in [3.8, 4) is 0 Å². The average Bonchev–Trinajstić information content (AvgIpc) is 2.57. The van der Waals surface area contributed by atoms with E-state index in [0.717, 1.165) is 31.2 Å². The van der Waals surface area contributed by atoms with Crippen molar-refractivity contribution in [1.29, 1.82) is 0 Å². The number of benzene rings is 1. The number of hydrogen-bond donors (Lipinski definition) is 0.